The highest BCUT2D eigenvalue weighted by atomic mass is 16.2. The lowest BCUT2D eigenvalue weighted by Gasteiger charge is -2.36. The molecule has 32 heavy (non-hydrogen) atoms. The van der Waals surface area contributed by atoms with E-state index in [1.807, 2.05) is 25.9 Å². The Hall–Kier alpha value is -3.70. The normalized spacial score (nSPS) is 16.2. The van der Waals surface area contributed by atoms with E-state index in [0.29, 0.717) is 35.1 Å². The second-order valence-corrected chi connectivity index (χ2v) is 8.39. The van der Waals surface area contributed by atoms with Crippen molar-refractivity contribution in [3.8, 4) is 23.0 Å². The summed E-state index contributed by atoms with van der Waals surface area (Å²) in [6, 6.07) is 11.1. The zero-order valence-electron chi connectivity index (χ0n) is 18.5. The van der Waals surface area contributed by atoms with Crippen molar-refractivity contribution in [3.63, 3.8) is 0 Å². The number of carbonyl (C=O) groups excluding carboxylic acids is 1. The van der Waals surface area contributed by atoms with Gasteiger partial charge in [-0.2, -0.15) is 5.26 Å². The van der Waals surface area contributed by atoms with E-state index in [0.717, 1.165) is 30.5 Å². The molecule has 8 heteroatoms. The molecule has 1 N–H and O–H groups in total. The first-order valence-electron chi connectivity index (χ1n) is 10.6. The minimum absolute atomic E-state index is 0.0386. The van der Waals surface area contributed by atoms with Gasteiger partial charge in [0.2, 0.25) is 0 Å². The molecule has 1 aliphatic rings. The predicted octanol–water partition coefficient (Wildman–Crippen LogP) is 2.57. The summed E-state index contributed by atoms with van der Waals surface area (Å²) in [5, 5.41) is 12.0. The number of nitrogens with one attached hydrogen (secondary N) is 1. The van der Waals surface area contributed by atoms with Gasteiger partial charge in [0.05, 0.1) is 22.8 Å². The Kier molecular flexibility index (Phi) is 5.93. The highest BCUT2D eigenvalue weighted by Gasteiger charge is 2.25. The van der Waals surface area contributed by atoms with Crippen LogP contribution in [-0.2, 0) is 0 Å². The monoisotopic (exact) mass is 430 g/mol. The molecule has 0 bridgehead atoms. The maximum atomic E-state index is 13.0. The summed E-state index contributed by atoms with van der Waals surface area (Å²) >= 11 is 0. The summed E-state index contributed by atoms with van der Waals surface area (Å²) in [6.45, 7) is 3.32. The topological polar surface area (TPSA) is 98.0 Å². The third kappa shape index (κ3) is 4.07. The number of amides is 1. The summed E-state index contributed by atoms with van der Waals surface area (Å²) in [5.41, 5.74) is 2.92. The first kappa shape index (κ1) is 21.5. The van der Waals surface area contributed by atoms with Crippen LogP contribution in [0.1, 0.15) is 34.3 Å². The van der Waals surface area contributed by atoms with Crippen molar-refractivity contribution in [2.24, 2.45) is 0 Å². The number of H-pyrrole nitrogens is 1. The molecule has 1 aliphatic heterocycles. The van der Waals surface area contributed by atoms with E-state index in [-0.39, 0.29) is 11.5 Å². The van der Waals surface area contributed by atoms with Crippen LogP contribution in [0.25, 0.3) is 16.9 Å². The Bertz CT molecular complexity index is 1230. The van der Waals surface area contributed by atoms with Crippen LogP contribution >= 0.6 is 0 Å². The van der Waals surface area contributed by atoms with Crippen LogP contribution in [0.5, 0.6) is 0 Å². The molecule has 164 valence electrons. The van der Waals surface area contributed by atoms with E-state index in [4.69, 9.17) is 5.26 Å². The Morgan fingerprint density at radius 2 is 2.06 bits per heavy atom. The fraction of sp³-hybridized carbons (Fsp3) is 0.333. The number of aryl methyl sites for hydroxylation is 1. The molecule has 8 nitrogen and oxygen atoms in total. The van der Waals surface area contributed by atoms with Gasteiger partial charge in [0.15, 0.2) is 5.82 Å². The first-order valence-corrected chi connectivity index (χ1v) is 10.6. The van der Waals surface area contributed by atoms with Crippen LogP contribution in [-0.4, -0.2) is 63.7 Å². The van der Waals surface area contributed by atoms with Crippen LogP contribution in [0.2, 0.25) is 0 Å². The lowest BCUT2D eigenvalue weighted by atomic mass is 10.0. The number of carbonyl (C=O) groups is 1. The van der Waals surface area contributed by atoms with E-state index >= 15 is 0 Å². The van der Waals surface area contributed by atoms with Crippen molar-refractivity contribution in [1.82, 2.24) is 24.6 Å². The fourth-order valence-corrected chi connectivity index (χ4v) is 4.16. The Labute approximate surface area is 186 Å². The summed E-state index contributed by atoms with van der Waals surface area (Å²) in [6.07, 6.45) is 5.23. The highest BCUT2D eigenvalue weighted by Crippen LogP contribution is 2.22. The van der Waals surface area contributed by atoms with Gasteiger partial charge in [-0.1, -0.05) is 6.07 Å². The van der Waals surface area contributed by atoms with Crippen molar-refractivity contribution in [1.29, 1.82) is 5.26 Å². The number of hydrogen-bond acceptors (Lipinski definition) is 5. The lowest BCUT2D eigenvalue weighted by molar-refractivity contribution is 0.0634. The Balaban J connectivity index is 1.56. The number of aromatic amines is 1. The molecule has 0 saturated carbocycles. The van der Waals surface area contributed by atoms with Crippen molar-refractivity contribution < 1.29 is 4.79 Å². The van der Waals surface area contributed by atoms with Crippen LogP contribution in [0.15, 0.2) is 47.5 Å². The van der Waals surface area contributed by atoms with Crippen LogP contribution < -0.4 is 5.56 Å². The van der Waals surface area contributed by atoms with E-state index in [2.05, 4.69) is 21.1 Å². The average molecular weight is 431 g/mol. The van der Waals surface area contributed by atoms with Crippen LogP contribution in [0.3, 0.4) is 0 Å². The number of pyridine rings is 1. The van der Waals surface area contributed by atoms with Gasteiger partial charge in [-0.3, -0.25) is 14.7 Å². The number of nitriles is 1. The number of hydrogen-bond donors (Lipinski definition) is 1. The predicted molar refractivity (Wildman–Crippen MR) is 122 cm³/mol. The van der Waals surface area contributed by atoms with Gasteiger partial charge in [0.25, 0.3) is 11.5 Å². The van der Waals surface area contributed by atoms with E-state index in [1.165, 1.54) is 10.9 Å². The average Bonchev–Trinajstić information content (AvgIpc) is 3.19. The third-order valence-electron chi connectivity index (χ3n) is 6.06. The minimum Gasteiger partial charge on any atom is -0.337 e. The summed E-state index contributed by atoms with van der Waals surface area (Å²) in [4.78, 5) is 34.3. The zero-order valence-corrected chi connectivity index (χ0v) is 18.5. The van der Waals surface area contributed by atoms with E-state index < -0.39 is 0 Å². The Morgan fingerprint density at radius 1 is 1.25 bits per heavy atom. The smallest absolute Gasteiger partial charge is 0.280 e. The molecule has 1 saturated heterocycles. The number of likely N-dealkylation sites (tertiary alicyclic amines) is 1. The van der Waals surface area contributed by atoms with Gasteiger partial charge in [-0.05, 0) is 69.3 Å². The van der Waals surface area contributed by atoms with Crippen molar-refractivity contribution in [2.75, 3.05) is 27.2 Å². The number of rotatable bonds is 4. The molecule has 3 heterocycles. The second-order valence-electron chi connectivity index (χ2n) is 8.39. The molecule has 2 aromatic heterocycles. The largest absolute Gasteiger partial charge is 0.337 e. The standard InChI is InChI=1S/C24H26N6O2/c1-16-11-17(12-25)6-8-20(16)21-14-27-30(24(21)32)22-9-7-18(13-26-22)23(31)29-10-4-5-19(15-29)28(2)3/h6-9,11,13-14,19,27H,4-5,10,15H2,1-3H3. The van der Waals surface area contributed by atoms with Crippen LogP contribution in [0, 0.1) is 18.3 Å². The molecular formula is C24H26N6O2. The van der Waals surface area contributed by atoms with E-state index in [1.54, 1.807) is 36.5 Å². The molecule has 0 spiro atoms. The molecular weight excluding hydrogens is 404 g/mol. The molecule has 1 atom stereocenters. The van der Waals surface area contributed by atoms with Crippen molar-refractivity contribution >= 4 is 5.91 Å². The van der Waals surface area contributed by atoms with Gasteiger partial charge in [-0.15, -0.1) is 0 Å². The summed E-state index contributed by atoms with van der Waals surface area (Å²) in [5.74, 6) is 0.372. The third-order valence-corrected chi connectivity index (χ3v) is 6.06. The van der Waals surface area contributed by atoms with Crippen molar-refractivity contribution in [2.45, 2.75) is 25.8 Å². The molecule has 1 unspecified atom stereocenters. The first-order chi connectivity index (χ1) is 15.4. The quantitative estimate of drug-likeness (QED) is 0.686. The fourth-order valence-electron chi connectivity index (χ4n) is 4.16. The molecule has 1 aromatic carbocycles. The number of piperidine rings is 1. The maximum absolute atomic E-state index is 13.0. The zero-order chi connectivity index (χ0) is 22.8. The van der Waals surface area contributed by atoms with Crippen molar-refractivity contribution in [3.05, 3.63) is 69.8 Å². The maximum Gasteiger partial charge on any atom is 0.280 e. The molecule has 1 amide bonds. The number of likely N-dealkylation sites (N-methyl/N-ethyl adjacent to an activating group) is 1. The van der Waals surface area contributed by atoms with Gasteiger partial charge in [-0.25, -0.2) is 9.67 Å². The number of aromatic nitrogens is 3. The second kappa shape index (κ2) is 8.81. The summed E-state index contributed by atoms with van der Waals surface area (Å²) < 4.78 is 1.35. The molecule has 0 radical (unpaired) electrons. The molecule has 3 aromatic rings. The van der Waals surface area contributed by atoms with Gasteiger partial charge in [0, 0.05) is 31.5 Å². The van der Waals surface area contributed by atoms with E-state index in [9.17, 15) is 9.59 Å². The molecule has 0 aliphatic carbocycles. The molecule has 4 rings (SSSR count). The Morgan fingerprint density at radius 3 is 2.72 bits per heavy atom. The van der Waals surface area contributed by atoms with Crippen LogP contribution in [0.4, 0.5) is 0 Å². The van der Waals surface area contributed by atoms with Gasteiger partial charge >= 0.3 is 0 Å². The minimum atomic E-state index is -0.241. The number of benzene rings is 1. The molecule has 1 fully saturated rings. The summed E-state index contributed by atoms with van der Waals surface area (Å²) in [7, 11) is 4.08. The van der Waals surface area contributed by atoms with Gasteiger partial charge in [0.1, 0.15) is 0 Å². The lowest BCUT2D eigenvalue weighted by Crippen LogP contribution is -2.47. The highest BCUT2D eigenvalue weighted by molar-refractivity contribution is 5.94. The van der Waals surface area contributed by atoms with Gasteiger partial charge < -0.3 is 9.80 Å². The number of nitrogens with zero attached hydrogens (tertiary/aromatic N) is 5. The SMILES string of the molecule is Cc1cc(C#N)ccc1-c1c[nH]n(-c2ccc(C(=O)N3CCCC(N(C)C)C3)cn2)c1=O.